The van der Waals surface area contributed by atoms with E-state index >= 15 is 0 Å². The Kier molecular flexibility index (Phi) is 7.77. The number of benzene rings is 2. The smallest absolute Gasteiger partial charge is 0.276 e. The molecule has 4 rings (SSSR count). The van der Waals surface area contributed by atoms with Crippen LogP contribution in [0, 0.1) is 5.92 Å². The van der Waals surface area contributed by atoms with E-state index in [-0.39, 0.29) is 42.1 Å². The standard InChI is InChI=1S/C29H35N3O4/c1-6-31(20(4)5)29(34)25-17-36-26(30-25)18-35-23-13-12-21-14-15-32(28(33)19(2)3)27(24(21)16-23)22-10-8-7-9-11-22/h7-13,16-17,19-20,27H,6,14-15,18H2,1-5H3. The Morgan fingerprint density at radius 3 is 2.56 bits per heavy atom. The van der Waals surface area contributed by atoms with Gasteiger partial charge in [0.15, 0.2) is 12.3 Å². The second-order valence-electron chi connectivity index (χ2n) is 9.71. The molecule has 0 N–H and O–H groups in total. The Hall–Kier alpha value is -3.61. The molecule has 1 aliphatic rings. The average molecular weight is 490 g/mol. The molecule has 7 nitrogen and oxygen atoms in total. The number of hydrogen-bond acceptors (Lipinski definition) is 5. The van der Waals surface area contributed by atoms with Gasteiger partial charge < -0.3 is 19.0 Å². The summed E-state index contributed by atoms with van der Waals surface area (Å²) in [7, 11) is 0. The van der Waals surface area contributed by atoms with E-state index in [0.29, 0.717) is 24.7 Å². The Balaban J connectivity index is 1.56. The van der Waals surface area contributed by atoms with Crippen LogP contribution < -0.4 is 4.74 Å². The van der Waals surface area contributed by atoms with Crippen LogP contribution in [0.5, 0.6) is 5.75 Å². The van der Waals surface area contributed by atoms with Crippen molar-refractivity contribution in [1.29, 1.82) is 0 Å². The zero-order valence-electron chi connectivity index (χ0n) is 21.7. The summed E-state index contributed by atoms with van der Waals surface area (Å²) in [4.78, 5) is 33.9. The van der Waals surface area contributed by atoms with Crippen LogP contribution in [0.4, 0.5) is 0 Å². The molecule has 0 spiro atoms. The summed E-state index contributed by atoms with van der Waals surface area (Å²) in [6, 6.07) is 16.1. The summed E-state index contributed by atoms with van der Waals surface area (Å²) < 4.78 is 11.6. The minimum absolute atomic E-state index is 0.0779. The van der Waals surface area contributed by atoms with Gasteiger partial charge in [0, 0.05) is 25.0 Å². The minimum atomic E-state index is -0.171. The zero-order chi connectivity index (χ0) is 25.8. The molecule has 0 saturated heterocycles. The maximum Gasteiger partial charge on any atom is 0.276 e. The summed E-state index contributed by atoms with van der Waals surface area (Å²) in [5, 5.41) is 0. The van der Waals surface area contributed by atoms with Crippen LogP contribution in [0.1, 0.15) is 73.7 Å². The lowest BCUT2D eigenvalue weighted by Gasteiger charge is -2.39. The fraction of sp³-hybridized carbons (Fsp3) is 0.414. The molecule has 1 aromatic heterocycles. The van der Waals surface area contributed by atoms with Crippen molar-refractivity contribution in [2.45, 2.75) is 59.7 Å². The van der Waals surface area contributed by atoms with Crippen molar-refractivity contribution in [2.75, 3.05) is 13.1 Å². The van der Waals surface area contributed by atoms with E-state index in [1.807, 2.05) is 69.9 Å². The predicted octanol–water partition coefficient (Wildman–Crippen LogP) is 5.25. The fourth-order valence-corrected chi connectivity index (χ4v) is 4.76. The molecule has 1 atom stereocenters. The van der Waals surface area contributed by atoms with E-state index in [9.17, 15) is 9.59 Å². The third-order valence-corrected chi connectivity index (χ3v) is 6.60. The van der Waals surface area contributed by atoms with Crippen molar-refractivity contribution in [2.24, 2.45) is 5.92 Å². The first kappa shape index (κ1) is 25.5. The van der Waals surface area contributed by atoms with E-state index in [4.69, 9.17) is 9.15 Å². The summed E-state index contributed by atoms with van der Waals surface area (Å²) in [5.74, 6) is 0.903. The highest BCUT2D eigenvalue weighted by molar-refractivity contribution is 5.92. The quantitative estimate of drug-likeness (QED) is 0.432. The van der Waals surface area contributed by atoms with Gasteiger partial charge >= 0.3 is 0 Å². The molecule has 190 valence electrons. The van der Waals surface area contributed by atoms with Crippen molar-refractivity contribution in [3.63, 3.8) is 0 Å². The maximum absolute atomic E-state index is 13.1. The van der Waals surface area contributed by atoms with Crippen LogP contribution in [0.3, 0.4) is 0 Å². The highest BCUT2D eigenvalue weighted by Crippen LogP contribution is 2.38. The number of hydrogen-bond donors (Lipinski definition) is 0. The van der Waals surface area contributed by atoms with Gasteiger partial charge in [0.1, 0.15) is 12.0 Å². The van der Waals surface area contributed by atoms with Crippen molar-refractivity contribution in [3.05, 3.63) is 83.1 Å². The number of rotatable bonds is 8. The topological polar surface area (TPSA) is 75.9 Å². The molecule has 0 fully saturated rings. The second kappa shape index (κ2) is 11.0. The molecular weight excluding hydrogens is 454 g/mol. The molecule has 2 heterocycles. The number of oxazole rings is 1. The second-order valence-corrected chi connectivity index (χ2v) is 9.71. The van der Waals surface area contributed by atoms with Gasteiger partial charge in [-0.1, -0.05) is 50.2 Å². The van der Waals surface area contributed by atoms with Crippen molar-refractivity contribution in [1.82, 2.24) is 14.8 Å². The minimum Gasteiger partial charge on any atom is -0.484 e. The van der Waals surface area contributed by atoms with Crippen LogP contribution in [0.25, 0.3) is 0 Å². The van der Waals surface area contributed by atoms with E-state index in [1.54, 1.807) is 4.90 Å². The molecule has 2 amide bonds. The largest absolute Gasteiger partial charge is 0.484 e. The highest BCUT2D eigenvalue weighted by atomic mass is 16.5. The number of carbonyl (C=O) groups excluding carboxylic acids is 2. The van der Waals surface area contributed by atoms with Gasteiger partial charge in [0.05, 0.1) is 6.04 Å². The highest BCUT2D eigenvalue weighted by Gasteiger charge is 2.33. The SMILES string of the molecule is CCN(C(=O)c1coc(COc2ccc3c(c2)C(c2ccccc2)N(C(=O)C(C)C)CC3)n1)C(C)C. The lowest BCUT2D eigenvalue weighted by atomic mass is 9.87. The fourth-order valence-electron chi connectivity index (χ4n) is 4.76. The Labute approximate surface area is 213 Å². The van der Waals surface area contributed by atoms with Gasteiger partial charge in [-0.2, -0.15) is 0 Å². The van der Waals surface area contributed by atoms with Gasteiger partial charge in [-0.05, 0) is 56.0 Å². The van der Waals surface area contributed by atoms with Gasteiger partial charge in [-0.25, -0.2) is 4.98 Å². The molecule has 0 saturated carbocycles. The number of amides is 2. The van der Waals surface area contributed by atoms with Gasteiger partial charge in [-0.3, -0.25) is 9.59 Å². The van der Waals surface area contributed by atoms with Crippen LogP contribution in [-0.4, -0.2) is 45.7 Å². The normalized spacial score (nSPS) is 15.2. The zero-order valence-corrected chi connectivity index (χ0v) is 21.7. The lowest BCUT2D eigenvalue weighted by Crippen LogP contribution is -2.42. The third-order valence-electron chi connectivity index (χ3n) is 6.60. The van der Waals surface area contributed by atoms with Crippen molar-refractivity contribution < 1.29 is 18.7 Å². The Morgan fingerprint density at radius 1 is 1.14 bits per heavy atom. The van der Waals surface area contributed by atoms with Crippen LogP contribution >= 0.6 is 0 Å². The summed E-state index contributed by atoms with van der Waals surface area (Å²) in [6.07, 6.45) is 2.19. The number of ether oxygens (including phenoxy) is 1. The van der Waals surface area contributed by atoms with E-state index in [1.165, 1.54) is 11.8 Å². The number of fused-ring (bicyclic) bond motifs is 1. The molecule has 0 bridgehead atoms. The number of nitrogens with zero attached hydrogens (tertiary/aromatic N) is 3. The molecule has 1 unspecified atom stereocenters. The van der Waals surface area contributed by atoms with E-state index < -0.39 is 0 Å². The first-order chi connectivity index (χ1) is 17.3. The van der Waals surface area contributed by atoms with Crippen LogP contribution in [0.2, 0.25) is 0 Å². The van der Waals surface area contributed by atoms with Crippen LogP contribution in [0.15, 0.2) is 59.2 Å². The molecule has 3 aromatic rings. The molecule has 2 aromatic carbocycles. The molecule has 36 heavy (non-hydrogen) atoms. The Bertz CT molecular complexity index is 1200. The first-order valence-corrected chi connectivity index (χ1v) is 12.7. The Morgan fingerprint density at radius 2 is 1.89 bits per heavy atom. The summed E-state index contributed by atoms with van der Waals surface area (Å²) in [6.45, 7) is 11.2. The molecule has 0 aliphatic carbocycles. The molecule has 1 aliphatic heterocycles. The van der Waals surface area contributed by atoms with Gasteiger partial charge in [-0.15, -0.1) is 0 Å². The third kappa shape index (κ3) is 5.30. The number of aromatic nitrogens is 1. The molecule has 7 heteroatoms. The first-order valence-electron chi connectivity index (χ1n) is 12.7. The van der Waals surface area contributed by atoms with Gasteiger partial charge in [0.25, 0.3) is 5.91 Å². The molecular formula is C29H35N3O4. The number of carbonyl (C=O) groups is 2. The monoisotopic (exact) mass is 489 g/mol. The van der Waals surface area contributed by atoms with Crippen molar-refractivity contribution >= 4 is 11.8 Å². The lowest BCUT2D eigenvalue weighted by molar-refractivity contribution is -0.136. The predicted molar refractivity (Wildman–Crippen MR) is 138 cm³/mol. The van der Waals surface area contributed by atoms with Gasteiger partial charge in [0.2, 0.25) is 11.8 Å². The van der Waals surface area contributed by atoms with Crippen LogP contribution in [-0.2, 0) is 17.8 Å². The van der Waals surface area contributed by atoms with E-state index in [2.05, 4.69) is 23.2 Å². The summed E-state index contributed by atoms with van der Waals surface area (Å²) in [5.41, 5.74) is 3.63. The molecule has 0 radical (unpaired) electrons. The summed E-state index contributed by atoms with van der Waals surface area (Å²) >= 11 is 0. The average Bonchev–Trinajstić information content (AvgIpc) is 3.36. The van der Waals surface area contributed by atoms with Crippen molar-refractivity contribution in [3.8, 4) is 5.75 Å². The maximum atomic E-state index is 13.1. The van der Waals surface area contributed by atoms with E-state index in [0.717, 1.165) is 17.5 Å².